The zero-order valence-corrected chi connectivity index (χ0v) is 19.2. The van der Waals surface area contributed by atoms with E-state index in [9.17, 15) is 14.4 Å². The van der Waals surface area contributed by atoms with Gasteiger partial charge in [-0.1, -0.05) is 44.8 Å². The molecule has 0 saturated heterocycles. The summed E-state index contributed by atoms with van der Waals surface area (Å²) in [6.07, 6.45) is 10.7. The van der Waals surface area contributed by atoms with Crippen molar-refractivity contribution in [2.45, 2.75) is 97.0 Å². The molecule has 0 atom stereocenters. The van der Waals surface area contributed by atoms with Gasteiger partial charge in [0.1, 0.15) is 12.2 Å². The van der Waals surface area contributed by atoms with E-state index in [0.717, 1.165) is 57.8 Å². The number of carbonyl (C=O) groups is 3. The molecule has 2 N–H and O–H groups in total. The third-order valence-corrected chi connectivity index (χ3v) is 4.23. The van der Waals surface area contributed by atoms with E-state index in [4.69, 9.17) is 9.47 Å². The van der Waals surface area contributed by atoms with Gasteiger partial charge in [-0.2, -0.15) is 0 Å². The highest BCUT2D eigenvalue weighted by molar-refractivity contribution is 5.75. The molecule has 30 heavy (non-hydrogen) atoms. The summed E-state index contributed by atoms with van der Waals surface area (Å²) in [6.45, 7) is 10.6. The van der Waals surface area contributed by atoms with Crippen molar-refractivity contribution in [2.24, 2.45) is 0 Å². The first-order valence-electron chi connectivity index (χ1n) is 11.2. The molecule has 174 valence electrons. The topological polar surface area (TPSA) is 93.7 Å². The fourth-order valence-corrected chi connectivity index (χ4v) is 2.77. The molecular weight excluding hydrogens is 384 g/mol. The van der Waals surface area contributed by atoms with Crippen molar-refractivity contribution in [2.75, 3.05) is 19.7 Å². The molecule has 0 spiro atoms. The molecule has 0 saturated carbocycles. The van der Waals surface area contributed by atoms with Crippen molar-refractivity contribution in [3.05, 3.63) is 12.7 Å². The van der Waals surface area contributed by atoms with Gasteiger partial charge in [-0.15, -0.1) is 0 Å². The van der Waals surface area contributed by atoms with Crippen LogP contribution in [0.15, 0.2) is 12.7 Å². The summed E-state index contributed by atoms with van der Waals surface area (Å²) >= 11 is 0. The van der Waals surface area contributed by atoms with Crippen LogP contribution in [-0.4, -0.2) is 43.3 Å². The Morgan fingerprint density at radius 1 is 0.800 bits per heavy atom. The van der Waals surface area contributed by atoms with E-state index in [1.165, 1.54) is 6.08 Å². The summed E-state index contributed by atoms with van der Waals surface area (Å²) in [5.41, 5.74) is -0.409. The van der Waals surface area contributed by atoms with Gasteiger partial charge in [-0.05, 0) is 46.5 Å². The van der Waals surface area contributed by atoms with E-state index >= 15 is 0 Å². The Labute approximate surface area is 182 Å². The van der Waals surface area contributed by atoms with Crippen LogP contribution in [0.4, 0.5) is 4.79 Å². The van der Waals surface area contributed by atoms with Gasteiger partial charge in [0.25, 0.3) is 0 Å². The first-order valence-corrected chi connectivity index (χ1v) is 11.2. The minimum absolute atomic E-state index is 0.103. The smallest absolute Gasteiger partial charge is 0.407 e. The number of hydrogen-bond acceptors (Lipinski definition) is 5. The Hall–Kier alpha value is -2.05. The average Bonchev–Trinajstić information content (AvgIpc) is 2.66. The number of hydrogen-bond donors (Lipinski definition) is 2. The zero-order chi connectivity index (χ0) is 22.7. The maximum atomic E-state index is 11.8. The Balaban J connectivity index is 3.37. The van der Waals surface area contributed by atoms with Crippen LogP contribution in [0.1, 0.15) is 91.4 Å². The van der Waals surface area contributed by atoms with Gasteiger partial charge in [0.05, 0.1) is 0 Å². The molecule has 0 aliphatic carbocycles. The van der Waals surface area contributed by atoms with Crippen LogP contribution in [0.2, 0.25) is 0 Å². The Bertz CT molecular complexity index is 500. The van der Waals surface area contributed by atoms with Crippen LogP contribution < -0.4 is 10.6 Å². The maximum absolute atomic E-state index is 11.8. The van der Waals surface area contributed by atoms with Crippen molar-refractivity contribution in [3.8, 4) is 0 Å². The number of unbranched alkanes of at least 4 members (excludes halogenated alkanes) is 7. The number of ether oxygens (including phenoxy) is 2. The molecule has 0 aliphatic rings. The van der Waals surface area contributed by atoms with Crippen molar-refractivity contribution in [1.29, 1.82) is 0 Å². The van der Waals surface area contributed by atoms with Crippen molar-refractivity contribution >= 4 is 18.0 Å². The summed E-state index contributed by atoms with van der Waals surface area (Å²) in [7, 11) is 0. The van der Waals surface area contributed by atoms with Gasteiger partial charge < -0.3 is 20.1 Å². The molecule has 0 aromatic heterocycles. The second kappa shape index (κ2) is 17.8. The number of nitrogens with one attached hydrogen (secondary N) is 2. The molecule has 7 nitrogen and oxygen atoms in total. The van der Waals surface area contributed by atoms with E-state index < -0.39 is 11.7 Å². The largest absolute Gasteiger partial charge is 0.460 e. The van der Waals surface area contributed by atoms with Crippen LogP contribution in [0.25, 0.3) is 0 Å². The third kappa shape index (κ3) is 20.7. The quantitative estimate of drug-likeness (QED) is 0.201. The van der Waals surface area contributed by atoms with E-state index in [2.05, 4.69) is 17.2 Å². The summed E-state index contributed by atoms with van der Waals surface area (Å²) < 4.78 is 10.1. The minimum atomic E-state index is -0.419. The minimum Gasteiger partial charge on any atom is -0.460 e. The van der Waals surface area contributed by atoms with E-state index in [1.54, 1.807) is 0 Å². The summed E-state index contributed by atoms with van der Waals surface area (Å²) in [6, 6.07) is 0. The van der Waals surface area contributed by atoms with E-state index in [1.807, 2.05) is 20.8 Å². The van der Waals surface area contributed by atoms with Crippen LogP contribution in [0.3, 0.4) is 0 Å². The normalized spacial score (nSPS) is 10.9. The highest BCUT2D eigenvalue weighted by Gasteiger charge is 2.15. The molecule has 0 rings (SSSR count). The highest BCUT2D eigenvalue weighted by Crippen LogP contribution is 2.11. The molecule has 0 bridgehead atoms. The first kappa shape index (κ1) is 27.9. The Morgan fingerprint density at radius 3 is 1.93 bits per heavy atom. The molecule has 0 fully saturated rings. The molecule has 0 aromatic carbocycles. The lowest BCUT2D eigenvalue weighted by Gasteiger charge is -2.19. The monoisotopic (exact) mass is 426 g/mol. The zero-order valence-electron chi connectivity index (χ0n) is 19.2. The average molecular weight is 427 g/mol. The van der Waals surface area contributed by atoms with Gasteiger partial charge >= 0.3 is 12.1 Å². The van der Waals surface area contributed by atoms with Crippen molar-refractivity contribution in [3.63, 3.8) is 0 Å². The Morgan fingerprint density at radius 2 is 1.33 bits per heavy atom. The fourth-order valence-electron chi connectivity index (χ4n) is 2.77. The number of rotatable bonds is 17. The molecular formula is C23H42N2O5. The molecule has 0 heterocycles. The van der Waals surface area contributed by atoms with Crippen LogP contribution >= 0.6 is 0 Å². The SMILES string of the molecule is C=CCOC(=O)NCCCCCCC(=O)NCCCCCCCC(=O)OC(C)(C)C. The van der Waals surface area contributed by atoms with Crippen molar-refractivity contribution < 1.29 is 23.9 Å². The van der Waals surface area contributed by atoms with Crippen LogP contribution in [0, 0.1) is 0 Å². The summed E-state index contributed by atoms with van der Waals surface area (Å²) in [5.74, 6) is -0.0249. The number of amides is 2. The van der Waals surface area contributed by atoms with Crippen LogP contribution in [-0.2, 0) is 19.1 Å². The predicted octanol–water partition coefficient (Wildman–Crippen LogP) is 4.65. The van der Waals surface area contributed by atoms with Gasteiger partial charge in [0.15, 0.2) is 0 Å². The molecule has 0 radical (unpaired) electrons. The molecule has 2 amide bonds. The number of carbonyl (C=O) groups excluding carboxylic acids is 3. The van der Waals surface area contributed by atoms with E-state index in [0.29, 0.717) is 25.9 Å². The molecule has 0 unspecified atom stereocenters. The standard InChI is InChI=1S/C23H42N2O5/c1-5-19-29-22(28)25-18-14-10-8-11-15-20(26)24-17-13-9-6-7-12-16-21(27)30-23(2,3)4/h5H,1,6-19H2,2-4H3,(H,24,26)(H,25,28). The summed E-state index contributed by atoms with van der Waals surface area (Å²) in [5, 5.41) is 5.63. The van der Waals surface area contributed by atoms with Crippen LogP contribution in [0.5, 0.6) is 0 Å². The highest BCUT2D eigenvalue weighted by atomic mass is 16.6. The lowest BCUT2D eigenvalue weighted by atomic mass is 10.1. The summed E-state index contributed by atoms with van der Waals surface area (Å²) in [4.78, 5) is 34.6. The Kier molecular flexibility index (Phi) is 16.6. The predicted molar refractivity (Wildman–Crippen MR) is 119 cm³/mol. The van der Waals surface area contributed by atoms with Gasteiger partial charge in [-0.25, -0.2) is 4.79 Å². The molecule has 0 aromatic rings. The molecule has 0 aliphatic heterocycles. The van der Waals surface area contributed by atoms with E-state index in [-0.39, 0.29) is 18.5 Å². The first-order chi connectivity index (χ1) is 14.2. The van der Waals surface area contributed by atoms with Crippen molar-refractivity contribution in [1.82, 2.24) is 10.6 Å². The third-order valence-electron chi connectivity index (χ3n) is 4.23. The number of esters is 1. The lowest BCUT2D eigenvalue weighted by Crippen LogP contribution is -2.25. The maximum Gasteiger partial charge on any atom is 0.407 e. The van der Waals surface area contributed by atoms with Gasteiger partial charge in [-0.3, -0.25) is 9.59 Å². The second-order valence-electron chi connectivity index (χ2n) is 8.43. The van der Waals surface area contributed by atoms with Gasteiger partial charge in [0.2, 0.25) is 5.91 Å². The second-order valence-corrected chi connectivity index (χ2v) is 8.43. The fraction of sp³-hybridized carbons (Fsp3) is 0.783. The lowest BCUT2D eigenvalue weighted by molar-refractivity contribution is -0.154. The molecule has 7 heteroatoms. The number of alkyl carbamates (subject to hydrolysis) is 1. The van der Waals surface area contributed by atoms with Gasteiger partial charge in [0, 0.05) is 25.9 Å².